The van der Waals surface area contributed by atoms with Crippen molar-refractivity contribution in [3.63, 3.8) is 0 Å². The van der Waals surface area contributed by atoms with Gasteiger partial charge in [-0.3, -0.25) is 4.90 Å². The van der Waals surface area contributed by atoms with E-state index in [1.165, 1.54) is 0 Å². The molecule has 0 saturated carbocycles. The number of aromatic carboxylic acids is 1. The van der Waals surface area contributed by atoms with Crippen LogP contribution in [-0.2, 0) is 11.3 Å². The largest absolute Gasteiger partial charge is 0.478 e. The van der Waals surface area contributed by atoms with Gasteiger partial charge in [0.05, 0.1) is 24.3 Å². The molecule has 5 nitrogen and oxygen atoms in total. The number of benzene rings is 1. The number of hydrogen-bond donors (Lipinski definition) is 2. The fraction of sp³-hybridized carbons (Fsp3) is 0.357. The smallest absolute Gasteiger partial charge is 0.337 e. The molecule has 1 aliphatic heterocycles. The number of ether oxygens (including phenoxy) is 1. The van der Waals surface area contributed by atoms with E-state index in [-0.39, 0.29) is 0 Å². The van der Waals surface area contributed by atoms with Crippen LogP contribution in [0.3, 0.4) is 0 Å². The average molecular weight is 260 g/mol. The molecular weight excluding hydrogens is 244 g/mol. The summed E-state index contributed by atoms with van der Waals surface area (Å²) in [5.74, 6) is -0.898. The van der Waals surface area contributed by atoms with E-state index < -0.39 is 5.97 Å². The van der Waals surface area contributed by atoms with Crippen molar-refractivity contribution in [2.45, 2.75) is 6.54 Å². The Bertz CT molecular complexity index is 600. The highest BCUT2D eigenvalue weighted by atomic mass is 16.5. The maximum Gasteiger partial charge on any atom is 0.337 e. The summed E-state index contributed by atoms with van der Waals surface area (Å²) in [4.78, 5) is 16.6. The molecule has 3 rings (SSSR count). The summed E-state index contributed by atoms with van der Waals surface area (Å²) in [7, 11) is 0. The lowest BCUT2D eigenvalue weighted by Crippen LogP contribution is -2.35. The maximum atomic E-state index is 11.2. The Balaban J connectivity index is 1.92. The van der Waals surface area contributed by atoms with E-state index >= 15 is 0 Å². The van der Waals surface area contributed by atoms with E-state index in [0.29, 0.717) is 11.1 Å². The van der Waals surface area contributed by atoms with Gasteiger partial charge in [-0.2, -0.15) is 0 Å². The van der Waals surface area contributed by atoms with E-state index in [4.69, 9.17) is 9.84 Å². The first-order valence-corrected chi connectivity index (χ1v) is 6.38. The monoisotopic (exact) mass is 260 g/mol. The highest BCUT2D eigenvalue weighted by molar-refractivity contribution is 6.02. The van der Waals surface area contributed by atoms with Crippen molar-refractivity contribution in [3.8, 4) is 0 Å². The number of para-hydroxylation sites is 1. The van der Waals surface area contributed by atoms with Crippen LogP contribution in [0.4, 0.5) is 0 Å². The second-order valence-corrected chi connectivity index (χ2v) is 4.74. The number of aromatic nitrogens is 1. The third kappa shape index (κ3) is 2.34. The third-order valence-corrected chi connectivity index (χ3v) is 3.53. The maximum absolute atomic E-state index is 11.2. The summed E-state index contributed by atoms with van der Waals surface area (Å²) in [6, 6.07) is 5.39. The minimum atomic E-state index is -0.898. The lowest BCUT2D eigenvalue weighted by molar-refractivity contribution is 0.0343. The van der Waals surface area contributed by atoms with Gasteiger partial charge in [-0.25, -0.2) is 4.79 Å². The van der Waals surface area contributed by atoms with Gasteiger partial charge in [0.2, 0.25) is 0 Å². The molecule has 0 bridgehead atoms. The minimum absolute atomic E-state index is 0.325. The van der Waals surface area contributed by atoms with Crippen molar-refractivity contribution in [3.05, 3.63) is 35.5 Å². The quantitative estimate of drug-likeness (QED) is 0.881. The highest BCUT2D eigenvalue weighted by Gasteiger charge is 2.15. The zero-order valence-corrected chi connectivity index (χ0v) is 10.6. The van der Waals surface area contributed by atoms with Crippen LogP contribution < -0.4 is 0 Å². The summed E-state index contributed by atoms with van der Waals surface area (Å²) in [6.07, 6.45) is 1.91. The Labute approximate surface area is 110 Å². The van der Waals surface area contributed by atoms with Gasteiger partial charge in [-0.1, -0.05) is 12.1 Å². The van der Waals surface area contributed by atoms with Crippen LogP contribution in [0.2, 0.25) is 0 Å². The van der Waals surface area contributed by atoms with Gasteiger partial charge in [0.25, 0.3) is 0 Å². The molecule has 100 valence electrons. The highest BCUT2D eigenvalue weighted by Crippen LogP contribution is 2.23. The molecule has 2 aromatic rings. The Morgan fingerprint density at radius 3 is 2.89 bits per heavy atom. The second kappa shape index (κ2) is 5.03. The van der Waals surface area contributed by atoms with Crippen molar-refractivity contribution in [1.82, 2.24) is 9.88 Å². The standard InChI is InChI=1S/C14H16N2O3/c17-14(18)12-3-1-2-11-10(8-15-13(11)12)9-16-4-6-19-7-5-16/h1-3,8,15H,4-7,9H2,(H,17,18). The molecule has 0 spiro atoms. The van der Waals surface area contributed by atoms with E-state index in [9.17, 15) is 4.79 Å². The molecule has 0 unspecified atom stereocenters. The average Bonchev–Trinajstić information content (AvgIpc) is 2.83. The lowest BCUT2D eigenvalue weighted by Gasteiger charge is -2.26. The van der Waals surface area contributed by atoms with Crippen LogP contribution in [0, 0.1) is 0 Å². The fourth-order valence-electron chi connectivity index (χ4n) is 2.52. The number of rotatable bonds is 3. The summed E-state index contributed by atoms with van der Waals surface area (Å²) >= 11 is 0. The first-order valence-electron chi connectivity index (χ1n) is 6.38. The van der Waals surface area contributed by atoms with Gasteiger partial charge in [0, 0.05) is 31.2 Å². The predicted octanol–water partition coefficient (Wildman–Crippen LogP) is 1.70. The number of fused-ring (bicyclic) bond motifs is 1. The number of carboxylic acid groups (broad SMARTS) is 1. The van der Waals surface area contributed by atoms with Gasteiger partial charge in [0.1, 0.15) is 0 Å². The third-order valence-electron chi connectivity index (χ3n) is 3.53. The lowest BCUT2D eigenvalue weighted by atomic mass is 10.1. The molecule has 0 amide bonds. The SMILES string of the molecule is O=C(O)c1cccc2c(CN3CCOCC3)c[nH]c12. The molecule has 0 atom stereocenters. The molecule has 5 heteroatoms. The van der Waals surface area contributed by atoms with Crippen LogP contribution in [0.25, 0.3) is 10.9 Å². The molecule has 1 aromatic carbocycles. The number of nitrogens with one attached hydrogen (secondary N) is 1. The van der Waals surface area contributed by atoms with Gasteiger partial charge in [-0.05, 0) is 11.6 Å². The Kier molecular flexibility index (Phi) is 3.23. The molecule has 0 radical (unpaired) electrons. The number of carboxylic acids is 1. The molecule has 19 heavy (non-hydrogen) atoms. The molecule has 1 fully saturated rings. The summed E-state index contributed by atoms with van der Waals surface area (Å²) in [5, 5.41) is 10.2. The molecule has 2 heterocycles. The van der Waals surface area contributed by atoms with E-state index in [2.05, 4.69) is 9.88 Å². The molecule has 2 N–H and O–H groups in total. The molecule has 1 aliphatic rings. The minimum Gasteiger partial charge on any atom is -0.478 e. The second-order valence-electron chi connectivity index (χ2n) is 4.74. The number of morpholine rings is 1. The first kappa shape index (κ1) is 12.2. The van der Waals surface area contributed by atoms with E-state index in [1.807, 2.05) is 12.3 Å². The Morgan fingerprint density at radius 2 is 2.16 bits per heavy atom. The zero-order valence-electron chi connectivity index (χ0n) is 10.6. The van der Waals surface area contributed by atoms with Crippen molar-refractivity contribution in [1.29, 1.82) is 0 Å². The van der Waals surface area contributed by atoms with Crippen LogP contribution >= 0.6 is 0 Å². The molecule has 1 saturated heterocycles. The molecule has 0 aliphatic carbocycles. The number of aromatic amines is 1. The van der Waals surface area contributed by atoms with Crippen molar-refractivity contribution in [2.75, 3.05) is 26.3 Å². The fourth-order valence-corrected chi connectivity index (χ4v) is 2.52. The van der Waals surface area contributed by atoms with Crippen molar-refractivity contribution in [2.24, 2.45) is 0 Å². The topological polar surface area (TPSA) is 65.6 Å². The number of hydrogen-bond acceptors (Lipinski definition) is 3. The number of H-pyrrole nitrogens is 1. The summed E-state index contributed by atoms with van der Waals surface area (Å²) in [6.45, 7) is 4.20. The Hall–Kier alpha value is -1.85. The normalized spacial score (nSPS) is 16.8. The van der Waals surface area contributed by atoms with Crippen molar-refractivity contribution < 1.29 is 14.6 Å². The van der Waals surface area contributed by atoms with Gasteiger partial charge < -0.3 is 14.8 Å². The van der Waals surface area contributed by atoms with Crippen LogP contribution in [-0.4, -0.2) is 47.3 Å². The summed E-state index contributed by atoms with van der Waals surface area (Å²) < 4.78 is 5.33. The van der Waals surface area contributed by atoms with Gasteiger partial charge in [-0.15, -0.1) is 0 Å². The zero-order chi connectivity index (χ0) is 13.2. The predicted molar refractivity (Wildman–Crippen MR) is 71.4 cm³/mol. The van der Waals surface area contributed by atoms with Crippen LogP contribution in [0.1, 0.15) is 15.9 Å². The van der Waals surface area contributed by atoms with Crippen molar-refractivity contribution >= 4 is 16.9 Å². The van der Waals surface area contributed by atoms with Gasteiger partial charge >= 0.3 is 5.97 Å². The van der Waals surface area contributed by atoms with E-state index in [0.717, 1.165) is 43.8 Å². The van der Waals surface area contributed by atoms with E-state index in [1.54, 1.807) is 12.1 Å². The Morgan fingerprint density at radius 1 is 1.37 bits per heavy atom. The number of nitrogens with zero attached hydrogens (tertiary/aromatic N) is 1. The van der Waals surface area contributed by atoms with Crippen LogP contribution in [0.5, 0.6) is 0 Å². The van der Waals surface area contributed by atoms with Gasteiger partial charge in [0.15, 0.2) is 0 Å². The first-order chi connectivity index (χ1) is 9.25. The number of carbonyl (C=O) groups is 1. The molecular formula is C14H16N2O3. The molecule has 1 aromatic heterocycles. The van der Waals surface area contributed by atoms with Crippen LogP contribution in [0.15, 0.2) is 24.4 Å². The summed E-state index contributed by atoms with van der Waals surface area (Å²) in [5.41, 5.74) is 2.17.